The highest BCUT2D eigenvalue weighted by atomic mass is 35.5. The standard InChI is InChI=1S/C20H21ClN2O2/c1-12-9-14(3)16(10-13(12)2)5-8-20(25)23-19-7-6-17(11-18(19)21)22-15(4)24/h5-11H,1-4H3,(H,22,24)(H,23,25)/b8-5+. The van der Waals surface area contributed by atoms with Gasteiger partial charge in [0, 0.05) is 18.7 Å². The van der Waals surface area contributed by atoms with Gasteiger partial charge >= 0.3 is 0 Å². The highest BCUT2D eigenvalue weighted by molar-refractivity contribution is 6.34. The number of aryl methyl sites for hydroxylation is 3. The Hall–Kier alpha value is -2.59. The van der Waals surface area contributed by atoms with Crippen LogP contribution in [0.4, 0.5) is 11.4 Å². The third-order valence-electron chi connectivity index (χ3n) is 3.84. The van der Waals surface area contributed by atoms with E-state index in [0.29, 0.717) is 16.4 Å². The summed E-state index contributed by atoms with van der Waals surface area (Å²) in [6.45, 7) is 7.54. The van der Waals surface area contributed by atoms with Crippen molar-refractivity contribution < 1.29 is 9.59 Å². The number of amides is 2. The predicted molar refractivity (Wildman–Crippen MR) is 104 cm³/mol. The molecule has 0 heterocycles. The van der Waals surface area contributed by atoms with E-state index in [4.69, 9.17) is 11.6 Å². The topological polar surface area (TPSA) is 58.2 Å². The van der Waals surface area contributed by atoms with Gasteiger partial charge < -0.3 is 10.6 Å². The van der Waals surface area contributed by atoms with Crippen molar-refractivity contribution in [2.45, 2.75) is 27.7 Å². The third-order valence-corrected chi connectivity index (χ3v) is 4.16. The molecule has 0 spiro atoms. The van der Waals surface area contributed by atoms with Crippen molar-refractivity contribution in [2.75, 3.05) is 10.6 Å². The van der Waals surface area contributed by atoms with Crippen LogP contribution in [-0.4, -0.2) is 11.8 Å². The van der Waals surface area contributed by atoms with E-state index in [-0.39, 0.29) is 11.8 Å². The molecule has 130 valence electrons. The minimum Gasteiger partial charge on any atom is -0.326 e. The highest BCUT2D eigenvalue weighted by Crippen LogP contribution is 2.25. The van der Waals surface area contributed by atoms with Gasteiger partial charge in [-0.25, -0.2) is 0 Å². The highest BCUT2D eigenvalue weighted by Gasteiger charge is 2.06. The molecule has 2 aromatic carbocycles. The number of carbonyl (C=O) groups excluding carboxylic acids is 2. The third kappa shape index (κ3) is 5.19. The molecule has 0 aromatic heterocycles. The van der Waals surface area contributed by atoms with Gasteiger partial charge in [0.15, 0.2) is 0 Å². The number of benzene rings is 2. The number of hydrogen-bond acceptors (Lipinski definition) is 2. The first-order chi connectivity index (χ1) is 11.8. The molecule has 0 bridgehead atoms. The molecule has 0 unspecified atom stereocenters. The summed E-state index contributed by atoms with van der Waals surface area (Å²) in [5.41, 5.74) is 5.60. The molecule has 2 rings (SSSR count). The van der Waals surface area contributed by atoms with Crippen LogP contribution in [0.2, 0.25) is 5.02 Å². The van der Waals surface area contributed by atoms with Crippen LogP contribution in [0, 0.1) is 20.8 Å². The van der Waals surface area contributed by atoms with Crippen LogP contribution in [0.25, 0.3) is 6.08 Å². The van der Waals surface area contributed by atoms with E-state index in [1.165, 1.54) is 24.1 Å². The van der Waals surface area contributed by atoms with Crippen LogP contribution in [0.15, 0.2) is 36.4 Å². The molecule has 0 aliphatic carbocycles. The lowest BCUT2D eigenvalue weighted by Crippen LogP contribution is -2.09. The summed E-state index contributed by atoms with van der Waals surface area (Å²) < 4.78 is 0. The Kier molecular flexibility index (Phi) is 5.99. The molecule has 2 amide bonds. The zero-order chi connectivity index (χ0) is 18.6. The van der Waals surface area contributed by atoms with Gasteiger partial charge in [0.05, 0.1) is 10.7 Å². The van der Waals surface area contributed by atoms with Crippen LogP contribution in [0.5, 0.6) is 0 Å². The Morgan fingerprint density at radius 3 is 2.28 bits per heavy atom. The van der Waals surface area contributed by atoms with Gasteiger partial charge in [-0.1, -0.05) is 23.7 Å². The van der Waals surface area contributed by atoms with Crippen molar-refractivity contribution in [1.29, 1.82) is 0 Å². The Morgan fingerprint density at radius 1 is 0.960 bits per heavy atom. The second kappa shape index (κ2) is 7.99. The Bertz CT molecular complexity index is 857. The molecule has 4 nitrogen and oxygen atoms in total. The Morgan fingerprint density at radius 2 is 1.64 bits per heavy atom. The number of halogens is 1. The van der Waals surface area contributed by atoms with Gasteiger partial charge in [0.1, 0.15) is 0 Å². The molecule has 2 N–H and O–H groups in total. The van der Waals surface area contributed by atoms with Crippen LogP contribution in [0.3, 0.4) is 0 Å². The molecular formula is C20H21ClN2O2. The number of nitrogens with one attached hydrogen (secondary N) is 2. The van der Waals surface area contributed by atoms with Gasteiger partial charge in [-0.2, -0.15) is 0 Å². The maximum Gasteiger partial charge on any atom is 0.248 e. The maximum atomic E-state index is 12.1. The molecule has 2 aromatic rings. The van der Waals surface area contributed by atoms with E-state index in [1.54, 1.807) is 24.3 Å². The molecule has 25 heavy (non-hydrogen) atoms. The van der Waals surface area contributed by atoms with Crippen LogP contribution < -0.4 is 10.6 Å². The molecule has 0 atom stereocenters. The van der Waals surface area contributed by atoms with Crippen LogP contribution >= 0.6 is 11.6 Å². The van der Waals surface area contributed by atoms with Crippen LogP contribution in [0.1, 0.15) is 29.2 Å². The zero-order valence-electron chi connectivity index (χ0n) is 14.7. The number of rotatable bonds is 4. The predicted octanol–water partition coefficient (Wildman–Crippen LogP) is 4.88. The minimum atomic E-state index is -0.271. The normalized spacial score (nSPS) is 10.8. The zero-order valence-corrected chi connectivity index (χ0v) is 15.5. The van der Waals surface area contributed by atoms with Crippen LogP contribution in [-0.2, 0) is 9.59 Å². The van der Waals surface area contributed by atoms with E-state index in [1.807, 2.05) is 13.8 Å². The van der Waals surface area contributed by atoms with Crippen molar-refractivity contribution in [3.8, 4) is 0 Å². The van der Waals surface area contributed by atoms with E-state index >= 15 is 0 Å². The van der Waals surface area contributed by atoms with E-state index in [9.17, 15) is 9.59 Å². The van der Waals surface area contributed by atoms with Crippen molar-refractivity contribution >= 4 is 40.9 Å². The Labute approximate surface area is 152 Å². The number of carbonyl (C=O) groups is 2. The summed E-state index contributed by atoms with van der Waals surface area (Å²) in [5, 5.41) is 5.73. The fourth-order valence-electron chi connectivity index (χ4n) is 2.40. The molecule has 0 saturated heterocycles. The molecule has 0 aliphatic rings. The monoisotopic (exact) mass is 356 g/mol. The lowest BCUT2D eigenvalue weighted by atomic mass is 10.0. The van der Waals surface area contributed by atoms with Crippen molar-refractivity contribution in [3.05, 3.63) is 63.7 Å². The average Bonchev–Trinajstić information content (AvgIpc) is 2.51. The fourth-order valence-corrected chi connectivity index (χ4v) is 2.63. The molecule has 0 fully saturated rings. The first-order valence-corrected chi connectivity index (χ1v) is 8.28. The van der Waals surface area contributed by atoms with E-state index < -0.39 is 0 Å². The fraction of sp³-hybridized carbons (Fsp3) is 0.200. The van der Waals surface area contributed by atoms with E-state index in [0.717, 1.165) is 11.1 Å². The summed E-state index contributed by atoms with van der Waals surface area (Å²) in [6.07, 6.45) is 3.27. The average molecular weight is 357 g/mol. The van der Waals surface area contributed by atoms with Gasteiger partial charge in [-0.05, 0) is 67.3 Å². The first kappa shape index (κ1) is 18.7. The summed E-state index contributed by atoms with van der Waals surface area (Å²) in [6, 6.07) is 9.09. The minimum absolute atomic E-state index is 0.181. The van der Waals surface area contributed by atoms with Crippen molar-refractivity contribution in [2.24, 2.45) is 0 Å². The van der Waals surface area contributed by atoms with Gasteiger partial charge in [-0.15, -0.1) is 0 Å². The molecule has 5 heteroatoms. The maximum absolute atomic E-state index is 12.1. The van der Waals surface area contributed by atoms with Gasteiger partial charge in [-0.3, -0.25) is 9.59 Å². The quantitative estimate of drug-likeness (QED) is 0.767. The lowest BCUT2D eigenvalue weighted by Gasteiger charge is -2.08. The number of anilines is 2. The Balaban J connectivity index is 2.10. The van der Waals surface area contributed by atoms with Crippen molar-refractivity contribution in [3.63, 3.8) is 0 Å². The molecule has 0 aliphatic heterocycles. The lowest BCUT2D eigenvalue weighted by molar-refractivity contribution is -0.114. The number of hydrogen-bond donors (Lipinski definition) is 2. The van der Waals surface area contributed by atoms with Gasteiger partial charge in [0.25, 0.3) is 0 Å². The van der Waals surface area contributed by atoms with Gasteiger partial charge in [0.2, 0.25) is 11.8 Å². The summed E-state index contributed by atoms with van der Waals surface area (Å²) in [4.78, 5) is 23.2. The largest absolute Gasteiger partial charge is 0.326 e. The first-order valence-electron chi connectivity index (χ1n) is 7.90. The summed E-state index contributed by atoms with van der Waals surface area (Å²) >= 11 is 6.15. The summed E-state index contributed by atoms with van der Waals surface area (Å²) in [7, 11) is 0. The second-order valence-corrected chi connectivity index (χ2v) is 6.40. The smallest absolute Gasteiger partial charge is 0.248 e. The summed E-state index contributed by atoms with van der Waals surface area (Å²) in [5.74, 6) is -0.452. The second-order valence-electron chi connectivity index (χ2n) is 5.99. The molecule has 0 saturated carbocycles. The SMILES string of the molecule is CC(=O)Nc1ccc(NC(=O)/C=C/c2cc(C)c(C)cc2C)c(Cl)c1. The van der Waals surface area contributed by atoms with E-state index in [2.05, 4.69) is 29.7 Å². The molecular weight excluding hydrogens is 336 g/mol. The van der Waals surface area contributed by atoms with Crippen molar-refractivity contribution in [1.82, 2.24) is 0 Å². The molecule has 0 radical (unpaired) electrons.